The fourth-order valence-corrected chi connectivity index (χ4v) is 8.53. The smallest absolute Gasteiger partial charge is 0.347 e. The molecule has 0 amide bonds. The van der Waals surface area contributed by atoms with Crippen molar-refractivity contribution >= 4 is 29.7 Å². The lowest BCUT2D eigenvalue weighted by Gasteiger charge is -2.65. The molecule has 0 radical (unpaired) electrons. The lowest BCUT2D eigenvalue weighted by Crippen LogP contribution is -2.76. The molecule has 0 spiro atoms. The summed E-state index contributed by atoms with van der Waals surface area (Å²) in [5.74, 6) is -5.91. The number of methoxy groups -OCH3 is 1. The summed E-state index contributed by atoms with van der Waals surface area (Å²) in [5.41, 5.74) is -4.20. The molecule has 2 bridgehead atoms. The zero-order valence-corrected chi connectivity index (χ0v) is 26.3. The maximum Gasteiger partial charge on any atom is 0.347 e. The molecule has 0 saturated heterocycles. The van der Waals surface area contributed by atoms with Crippen LogP contribution in [0.15, 0.2) is 46.3 Å². The highest BCUT2D eigenvalue weighted by atomic mass is 16.6. The molecule has 2 heterocycles. The third-order valence-corrected chi connectivity index (χ3v) is 10.4. The number of carbonyl (C=O) groups excluding carboxylic acids is 5. The van der Waals surface area contributed by atoms with Crippen LogP contribution in [0.25, 0.3) is 0 Å². The minimum absolute atomic E-state index is 0.404. The molecule has 8 atom stereocenters. The number of Topliss-reactive ketones (excluding diaryl/α,β-unsaturated/α-hetero) is 1. The number of aliphatic hydroxyl groups is 1. The number of esters is 4. The van der Waals surface area contributed by atoms with Gasteiger partial charge >= 0.3 is 23.9 Å². The summed E-state index contributed by atoms with van der Waals surface area (Å²) < 4.78 is 27.7. The van der Waals surface area contributed by atoms with Gasteiger partial charge in [0.2, 0.25) is 6.10 Å². The molecule has 4 aliphatic rings. The monoisotopic (exact) mass is 612 g/mol. The molecule has 44 heavy (non-hydrogen) atoms. The summed E-state index contributed by atoms with van der Waals surface area (Å²) in [5, 5.41) is 12.5. The first-order valence-electron chi connectivity index (χ1n) is 14.8. The summed E-state index contributed by atoms with van der Waals surface area (Å²) >= 11 is 0. The van der Waals surface area contributed by atoms with Gasteiger partial charge in [-0.1, -0.05) is 41.5 Å². The third kappa shape index (κ3) is 4.37. The number of carbonyl (C=O) groups is 5. The van der Waals surface area contributed by atoms with E-state index < -0.39 is 87.6 Å². The van der Waals surface area contributed by atoms with Gasteiger partial charge in [0.1, 0.15) is 12.2 Å². The van der Waals surface area contributed by atoms with Gasteiger partial charge in [-0.25, -0.2) is 9.59 Å². The van der Waals surface area contributed by atoms with Gasteiger partial charge in [0.05, 0.1) is 25.6 Å². The van der Waals surface area contributed by atoms with Crippen LogP contribution in [0, 0.1) is 34.0 Å². The highest BCUT2D eigenvalue weighted by Gasteiger charge is 2.75. The van der Waals surface area contributed by atoms with E-state index in [2.05, 4.69) is 0 Å². The average molecular weight is 613 g/mol. The second-order valence-electron chi connectivity index (χ2n) is 13.8. The molecule has 8 unspecified atom stereocenters. The third-order valence-electron chi connectivity index (χ3n) is 10.4. The van der Waals surface area contributed by atoms with Crippen LogP contribution >= 0.6 is 0 Å². The normalized spacial score (nSPS) is 36.1. The van der Waals surface area contributed by atoms with Crippen LogP contribution in [0.2, 0.25) is 0 Å². The van der Waals surface area contributed by atoms with E-state index in [0.717, 1.165) is 14.0 Å². The molecule has 1 aromatic heterocycles. The molecule has 11 heteroatoms. The number of hydrogen-bond acceptors (Lipinski definition) is 11. The molecule has 3 aliphatic carbocycles. The number of furan rings is 1. The SMILES string of the molecule is COC(=O)C(OC(C)=O)C1C(C)(C)C(OC(=O)C(C)C)C2(O)C=C3C4=CC(=O)OC(c5ccoc5)C4(C)CCC3C1(C)C2=O. The number of fused-ring (bicyclic) bond motifs is 6. The minimum Gasteiger partial charge on any atom is -0.472 e. The Balaban J connectivity index is 1.78. The van der Waals surface area contributed by atoms with Crippen molar-refractivity contribution in [2.45, 2.75) is 85.2 Å². The van der Waals surface area contributed by atoms with Crippen LogP contribution in [0.5, 0.6) is 0 Å². The highest BCUT2D eigenvalue weighted by molar-refractivity contribution is 6.00. The van der Waals surface area contributed by atoms with Crippen molar-refractivity contribution in [3.05, 3.63) is 47.5 Å². The number of hydrogen-bond donors (Lipinski definition) is 1. The van der Waals surface area contributed by atoms with Crippen molar-refractivity contribution in [1.29, 1.82) is 0 Å². The molecule has 5 rings (SSSR count). The fraction of sp³-hybridized carbons (Fsp3) is 0.606. The molecule has 2 fully saturated rings. The zero-order valence-electron chi connectivity index (χ0n) is 26.3. The number of cyclic esters (lactones) is 1. The Kier molecular flexibility index (Phi) is 7.51. The van der Waals surface area contributed by atoms with Crippen molar-refractivity contribution in [1.82, 2.24) is 0 Å². The maximum atomic E-state index is 14.7. The Hall–Kier alpha value is -3.73. The van der Waals surface area contributed by atoms with Gasteiger partial charge in [0.25, 0.3) is 0 Å². The first-order chi connectivity index (χ1) is 20.4. The van der Waals surface area contributed by atoms with Gasteiger partial charge in [-0.15, -0.1) is 0 Å². The minimum atomic E-state index is -2.34. The first kappa shape index (κ1) is 31.7. The van der Waals surface area contributed by atoms with Crippen LogP contribution in [-0.4, -0.2) is 59.7 Å². The molecule has 1 aromatic rings. The Labute approximate surface area is 255 Å². The summed E-state index contributed by atoms with van der Waals surface area (Å²) in [6.45, 7) is 11.4. The summed E-state index contributed by atoms with van der Waals surface area (Å²) in [4.78, 5) is 66.6. The van der Waals surface area contributed by atoms with E-state index in [0.29, 0.717) is 29.6 Å². The van der Waals surface area contributed by atoms with E-state index in [1.807, 2.05) is 6.92 Å². The summed E-state index contributed by atoms with van der Waals surface area (Å²) in [7, 11) is 1.15. The van der Waals surface area contributed by atoms with Crippen LogP contribution in [0.4, 0.5) is 0 Å². The van der Waals surface area contributed by atoms with Gasteiger partial charge in [-0.05, 0) is 42.0 Å². The predicted molar refractivity (Wildman–Crippen MR) is 152 cm³/mol. The second-order valence-corrected chi connectivity index (χ2v) is 13.8. The van der Waals surface area contributed by atoms with Gasteiger partial charge < -0.3 is 28.5 Å². The average Bonchev–Trinajstić information content (AvgIpc) is 3.47. The van der Waals surface area contributed by atoms with Gasteiger partial charge in [-0.2, -0.15) is 0 Å². The predicted octanol–water partition coefficient (Wildman–Crippen LogP) is 3.80. The number of allylic oxidation sites excluding steroid dienone is 1. The molecule has 0 aromatic carbocycles. The summed E-state index contributed by atoms with van der Waals surface area (Å²) in [6.07, 6.45) is 2.94. The van der Waals surface area contributed by atoms with Crippen molar-refractivity contribution in [3.8, 4) is 0 Å². The molecular weight excluding hydrogens is 572 g/mol. The van der Waals surface area contributed by atoms with E-state index in [1.165, 1.54) is 24.7 Å². The van der Waals surface area contributed by atoms with Crippen LogP contribution < -0.4 is 0 Å². The van der Waals surface area contributed by atoms with Crippen molar-refractivity contribution in [2.24, 2.45) is 34.0 Å². The zero-order chi connectivity index (χ0) is 32.6. The van der Waals surface area contributed by atoms with Crippen LogP contribution in [-0.2, 0) is 42.9 Å². The standard InChI is InChI=1S/C33H40O11/c1-16(2)26(36)44-29-30(4,5)24(23(27(37)40-8)42-17(3)34)32(7)20-9-11-31(6)21(19(20)14-33(29,39)28(32)38)13-22(35)43-25(31)18-10-12-41-15-18/h10,12-16,20,23-25,29,39H,9,11H2,1-8H3. The van der Waals surface area contributed by atoms with Crippen molar-refractivity contribution in [3.63, 3.8) is 0 Å². The van der Waals surface area contributed by atoms with Crippen molar-refractivity contribution < 1.29 is 52.4 Å². The summed E-state index contributed by atoms with van der Waals surface area (Å²) in [6, 6.07) is 1.72. The Morgan fingerprint density at radius 2 is 1.77 bits per heavy atom. The maximum absolute atomic E-state index is 14.7. The van der Waals surface area contributed by atoms with Crippen molar-refractivity contribution in [2.75, 3.05) is 7.11 Å². The topological polar surface area (TPSA) is 156 Å². The van der Waals surface area contributed by atoms with Crippen LogP contribution in [0.1, 0.15) is 73.0 Å². The van der Waals surface area contributed by atoms with Crippen LogP contribution in [0.3, 0.4) is 0 Å². The highest BCUT2D eigenvalue weighted by Crippen LogP contribution is 2.68. The quantitative estimate of drug-likeness (QED) is 0.368. The Bertz CT molecular complexity index is 1470. The van der Waals surface area contributed by atoms with E-state index in [1.54, 1.807) is 40.7 Å². The molecule has 11 nitrogen and oxygen atoms in total. The number of rotatable bonds is 6. The molecule has 2 saturated carbocycles. The van der Waals surface area contributed by atoms with Gasteiger partial charge in [0.15, 0.2) is 11.4 Å². The fourth-order valence-electron chi connectivity index (χ4n) is 8.53. The first-order valence-corrected chi connectivity index (χ1v) is 14.8. The largest absolute Gasteiger partial charge is 0.472 e. The van der Waals surface area contributed by atoms with E-state index >= 15 is 0 Å². The number of ketones is 1. The Morgan fingerprint density at radius 1 is 1.09 bits per heavy atom. The molecule has 1 N–H and O–H groups in total. The van der Waals surface area contributed by atoms with E-state index in [4.69, 9.17) is 23.4 Å². The van der Waals surface area contributed by atoms with Gasteiger partial charge in [0, 0.05) is 40.7 Å². The molecular formula is C33H40O11. The van der Waals surface area contributed by atoms with Gasteiger partial charge in [-0.3, -0.25) is 14.4 Å². The molecule has 238 valence electrons. The number of ether oxygens (including phenoxy) is 4. The Morgan fingerprint density at radius 3 is 2.34 bits per heavy atom. The lowest BCUT2D eigenvalue weighted by atomic mass is 9.40. The lowest BCUT2D eigenvalue weighted by molar-refractivity contribution is -0.237. The molecule has 1 aliphatic heterocycles. The second kappa shape index (κ2) is 10.4. The van der Waals surface area contributed by atoms with E-state index in [9.17, 15) is 29.1 Å². The van der Waals surface area contributed by atoms with E-state index in [-0.39, 0.29) is 0 Å².